The SMILES string of the molecule is NCCCn1cc(-c2nc3cc4c(cc3[nH]c2=O)OCCO4)c2cc(Br)ccc21. The monoisotopic (exact) mass is 454 g/mol. The second-order valence-corrected chi connectivity index (χ2v) is 7.88. The fourth-order valence-electron chi connectivity index (χ4n) is 3.71. The minimum Gasteiger partial charge on any atom is -0.486 e. The van der Waals surface area contributed by atoms with Gasteiger partial charge in [-0.1, -0.05) is 15.9 Å². The van der Waals surface area contributed by atoms with Crippen LogP contribution in [0.15, 0.2) is 45.8 Å². The van der Waals surface area contributed by atoms with Crippen molar-refractivity contribution in [3.8, 4) is 22.8 Å². The number of ether oxygens (including phenoxy) is 2. The van der Waals surface area contributed by atoms with Gasteiger partial charge in [-0.15, -0.1) is 0 Å². The molecule has 0 unspecified atom stereocenters. The van der Waals surface area contributed by atoms with Gasteiger partial charge < -0.3 is 24.8 Å². The first kappa shape index (κ1) is 18.2. The Hall–Kier alpha value is -2.84. The fraction of sp³-hybridized carbons (Fsp3) is 0.238. The number of hydrogen-bond donors (Lipinski definition) is 2. The molecule has 148 valence electrons. The van der Waals surface area contributed by atoms with Gasteiger partial charge in [0.15, 0.2) is 11.5 Å². The molecule has 0 saturated heterocycles. The largest absolute Gasteiger partial charge is 0.486 e. The number of aromatic nitrogens is 3. The minimum absolute atomic E-state index is 0.243. The summed E-state index contributed by atoms with van der Waals surface area (Å²) in [5.41, 5.74) is 8.94. The summed E-state index contributed by atoms with van der Waals surface area (Å²) in [6, 6.07) is 9.62. The van der Waals surface area contributed by atoms with E-state index in [4.69, 9.17) is 20.2 Å². The lowest BCUT2D eigenvalue weighted by Gasteiger charge is -2.18. The van der Waals surface area contributed by atoms with E-state index in [0.29, 0.717) is 48.0 Å². The predicted molar refractivity (Wildman–Crippen MR) is 116 cm³/mol. The third-order valence-corrected chi connectivity index (χ3v) is 5.55. The van der Waals surface area contributed by atoms with Gasteiger partial charge in [-0.25, -0.2) is 4.98 Å². The number of benzene rings is 2. The second kappa shape index (κ2) is 7.20. The zero-order valence-electron chi connectivity index (χ0n) is 15.6. The maximum absolute atomic E-state index is 12.9. The highest BCUT2D eigenvalue weighted by molar-refractivity contribution is 9.10. The number of rotatable bonds is 4. The molecule has 5 rings (SSSR count). The van der Waals surface area contributed by atoms with Crippen LogP contribution in [-0.2, 0) is 6.54 Å². The smallest absolute Gasteiger partial charge is 0.275 e. The molecule has 29 heavy (non-hydrogen) atoms. The normalized spacial score (nSPS) is 13.3. The third kappa shape index (κ3) is 3.18. The van der Waals surface area contributed by atoms with Crippen molar-refractivity contribution in [1.29, 1.82) is 0 Å². The van der Waals surface area contributed by atoms with E-state index >= 15 is 0 Å². The quantitative estimate of drug-likeness (QED) is 0.492. The van der Waals surface area contributed by atoms with Gasteiger partial charge in [0.25, 0.3) is 5.56 Å². The lowest BCUT2D eigenvalue weighted by Crippen LogP contribution is -2.16. The minimum atomic E-state index is -0.243. The molecule has 3 heterocycles. The van der Waals surface area contributed by atoms with Crippen LogP contribution in [0.5, 0.6) is 11.5 Å². The maximum Gasteiger partial charge on any atom is 0.275 e. The van der Waals surface area contributed by atoms with Crippen LogP contribution >= 0.6 is 15.9 Å². The van der Waals surface area contributed by atoms with Crippen molar-refractivity contribution in [3.63, 3.8) is 0 Å². The van der Waals surface area contributed by atoms with Crippen LogP contribution in [-0.4, -0.2) is 34.3 Å². The summed E-state index contributed by atoms with van der Waals surface area (Å²) in [5.74, 6) is 1.26. The zero-order chi connectivity index (χ0) is 20.0. The van der Waals surface area contributed by atoms with Gasteiger partial charge in [0, 0.05) is 45.8 Å². The zero-order valence-corrected chi connectivity index (χ0v) is 17.2. The van der Waals surface area contributed by atoms with Crippen molar-refractivity contribution < 1.29 is 9.47 Å². The number of hydrogen-bond acceptors (Lipinski definition) is 5. The van der Waals surface area contributed by atoms with E-state index in [-0.39, 0.29) is 5.56 Å². The molecular weight excluding hydrogens is 436 g/mol. The van der Waals surface area contributed by atoms with Crippen LogP contribution in [0.4, 0.5) is 0 Å². The number of aromatic amines is 1. The number of halogens is 1. The van der Waals surface area contributed by atoms with Gasteiger partial charge in [0.05, 0.1) is 11.0 Å². The molecule has 0 atom stereocenters. The Morgan fingerprint density at radius 1 is 1.17 bits per heavy atom. The van der Waals surface area contributed by atoms with Crippen LogP contribution in [0.25, 0.3) is 33.2 Å². The van der Waals surface area contributed by atoms with E-state index in [1.165, 1.54) is 0 Å². The second-order valence-electron chi connectivity index (χ2n) is 6.97. The van der Waals surface area contributed by atoms with Crippen molar-refractivity contribution in [2.75, 3.05) is 19.8 Å². The Balaban J connectivity index is 1.72. The molecular formula is C21H19BrN4O3. The number of H-pyrrole nitrogens is 1. The molecule has 7 nitrogen and oxygen atoms in total. The standard InChI is InChI=1S/C21H19BrN4O3/c22-12-2-3-17-13(8-12)14(11-26(17)5-1-4-23)20-21(27)25-16-10-19-18(9-15(16)24-20)28-6-7-29-19/h2-3,8-11H,1,4-7,23H2,(H,25,27). The van der Waals surface area contributed by atoms with E-state index in [2.05, 4.69) is 25.5 Å². The molecule has 0 amide bonds. The van der Waals surface area contributed by atoms with E-state index in [1.54, 1.807) is 6.07 Å². The van der Waals surface area contributed by atoms with Crippen molar-refractivity contribution in [2.45, 2.75) is 13.0 Å². The van der Waals surface area contributed by atoms with Gasteiger partial charge in [-0.05, 0) is 31.2 Å². The van der Waals surface area contributed by atoms with Crippen LogP contribution in [0.1, 0.15) is 6.42 Å². The number of aryl methyl sites for hydroxylation is 1. The molecule has 4 aromatic rings. The summed E-state index contributed by atoms with van der Waals surface area (Å²) in [6.07, 6.45) is 2.83. The van der Waals surface area contributed by atoms with Crippen LogP contribution < -0.4 is 20.8 Å². The van der Waals surface area contributed by atoms with E-state index < -0.39 is 0 Å². The van der Waals surface area contributed by atoms with Crippen molar-refractivity contribution in [3.05, 3.63) is 51.4 Å². The lowest BCUT2D eigenvalue weighted by atomic mass is 10.1. The molecule has 1 aliphatic rings. The first-order valence-electron chi connectivity index (χ1n) is 9.46. The number of fused-ring (bicyclic) bond motifs is 3. The summed E-state index contributed by atoms with van der Waals surface area (Å²) in [7, 11) is 0. The number of nitrogens with one attached hydrogen (secondary N) is 1. The summed E-state index contributed by atoms with van der Waals surface area (Å²) >= 11 is 3.53. The maximum atomic E-state index is 12.9. The lowest BCUT2D eigenvalue weighted by molar-refractivity contribution is 0.172. The fourth-order valence-corrected chi connectivity index (χ4v) is 4.07. The van der Waals surface area contributed by atoms with Crippen LogP contribution in [0.3, 0.4) is 0 Å². The van der Waals surface area contributed by atoms with Crippen LogP contribution in [0, 0.1) is 0 Å². The molecule has 8 heteroatoms. The van der Waals surface area contributed by atoms with Gasteiger partial charge >= 0.3 is 0 Å². The first-order valence-corrected chi connectivity index (χ1v) is 10.3. The average molecular weight is 455 g/mol. The molecule has 3 N–H and O–H groups in total. The van der Waals surface area contributed by atoms with E-state index in [0.717, 1.165) is 33.9 Å². The van der Waals surface area contributed by atoms with Gasteiger partial charge in [-0.3, -0.25) is 4.79 Å². The molecule has 0 spiro atoms. The van der Waals surface area contributed by atoms with Crippen LogP contribution in [0.2, 0.25) is 0 Å². The predicted octanol–water partition coefficient (Wildman–Crippen LogP) is 3.43. The van der Waals surface area contributed by atoms with Crippen molar-refractivity contribution >= 4 is 37.9 Å². The molecule has 0 aliphatic carbocycles. The number of nitrogens with two attached hydrogens (primary N) is 1. The molecule has 2 aromatic heterocycles. The van der Waals surface area contributed by atoms with Crippen molar-refractivity contribution in [2.24, 2.45) is 5.73 Å². The molecule has 0 fully saturated rings. The number of nitrogens with zero attached hydrogens (tertiary/aromatic N) is 2. The highest BCUT2D eigenvalue weighted by atomic mass is 79.9. The highest BCUT2D eigenvalue weighted by Gasteiger charge is 2.18. The van der Waals surface area contributed by atoms with Gasteiger partial charge in [-0.2, -0.15) is 0 Å². The first-order chi connectivity index (χ1) is 14.1. The Kier molecular flexibility index (Phi) is 4.52. The Morgan fingerprint density at radius 2 is 1.97 bits per heavy atom. The summed E-state index contributed by atoms with van der Waals surface area (Å²) in [5, 5.41) is 0.964. The highest BCUT2D eigenvalue weighted by Crippen LogP contribution is 2.35. The topological polar surface area (TPSA) is 95.2 Å². The average Bonchev–Trinajstić information content (AvgIpc) is 3.07. The Morgan fingerprint density at radius 3 is 2.76 bits per heavy atom. The van der Waals surface area contributed by atoms with E-state index in [9.17, 15) is 4.79 Å². The molecule has 0 bridgehead atoms. The molecule has 2 aromatic carbocycles. The molecule has 0 radical (unpaired) electrons. The Bertz CT molecular complexity index is 1290. The third-order valence-electron chi connectivity index (χ3n) is 5.06. The summed E-state index contributed by atoms with van der Waals surface area (Å²) in [6.45, 7) is 2.37. The summed E-state index contributed by atoms with van der Waals surface area (Å²) < 4.78 is 14.3. The molecule has 1 aliphatic heterocycles. The Labute approximate surface area is 174 Å². The van der Waals surface area contributed by atoms with Crippen molar-refractivity contribution in [1.82, 2.24) is 14.5 Å². The summed E-state index contributed by atoms with van der Waals surface area (Å²) in [4.78, 5) is 20.6. The van der Waals surface area contributed by atoms with Gasteiger partial charge in [0.1, 0.15) is 18.9 Å². The van der Waals surface area contributed by atoms with Gasteiger partial charge in [0.2, 0.25) is 0 Å². The van der Waals surface area contributed by atoms with E-state index in [1.807, 2.05) is 30.5 Å². The molecule has 0 saturated carbocycles.